The van der Waals surface area contributed by atoms with E-state index in [9.17, 15) is 8.78 Å². The zero-order valence-electron chi connectivity index (χ0n) is 6.93. The molecule has 0 saturated carbocycles. The van der Waals surface area contributed by atoms with Crippen molar-refractivity contribution in [2.45, 2.75) is 12.3 Å². The molecule has 0 aromatic heterocycles. The van der Waals surface area contributed by atoms with Crippen LogP contribution in [-0.4, -0.2) is 0 Å². The minimum absolute atomic E-state index is 0.0155. The van der Waals surface area contributed by atoms with Crippen LogP contribution in [0.15, 0.2) is 41.4 Å². The summed E-state index contributed by atoms with van der Waals surface area (Å²) in [5.41, 5.74) is 0.0155. The molecule has 1 aromatic carbocycles. The highest BCUT2D eigenvalue weighted by Crippen LogP contribution is 2.32. The molecule has 0 heterocycles. The van der Waals surface area contributed by atoms with Gasteiger partial charge in [-0.2, -0.15) is 0 Å². The van der Waals surface area contributed by atoms with Crippen molar-refractivity contribution in [2.75, 3.05) is 0 Å². The summed E-state index contributed by atoms with van der Waals surface area (Å²) in [4.78, 5) is 0. The van der Waals surface area contributed by atoms with E-state index >= 15 is 0 Å². The number of alkyl halides is 2. The zero-order chi connectivity index (χ0) is 9.90. The lowest BCUT2D eigenvalue weighted by Crippen LogP contribution is -2.11. The van der Waals surface area contributed by atoms with Crippen molar-refractivity contribution >= 4 is 15.9 Å². The van der Waals surface area contributed by atoms with Crippen LogP contribution in [0.5, 0.6) is 0 Å². The molecule has 0 bridgehead atoms. The van der Waals surface area contributed by atoms with Crippen molar-refractivity contribution in [1.82, 2.24) is 0 Å². The third-order valence-electron chi connectivity index (χ3n) is 1.65. The summed E-state index contributed by atoms with van der Waals surface area (Å²) in [6.07, 6.45) is 0.893. The maximum Gasteiger partial charge on any atom is 0.276 e. The van der Waals surface area contributed by atoms with Crippen LogP contribution in [0.3, 0.4) is 0 Å². The smallest absolute Gasteiger partial charge is 0.201 e. The summed E-state index contributed by atoms with van der Waals surface area (Å²) in [5, 5.41) is 0. The Morgan fingerprint density at radius 1 is 1.46 bits per heavy atom. The Kier molecular flexibility index (Phi) is 3.20. The normalized spacial score (nSPS) is 11.3. The molecule has 1 rings (SSSR count). The molecule has 0 saturated heterocycles. The van der Waals surface area contributed by atoms with E-state index in [2.05, 4.69) is 22.5 Å². The highest BCUT2D eigenvalue weighted by Gasteiger charge is 2.29. The number of halogens is 3. The molecular weight excluding hydrogens is 238 g/mol. The second kappa shape index (κ2) is 4.01. The Morgan fingerprint density at radius 3 is 2.69 bits per heavy atom. The van der Waals surface area contributed by atoms with Crippen molar-refractivity contribution < 1.29 is 8.78 Å². The van der Waals surface area contributed by atoms with Crippen LogP contribution in [-0.2, 0) is 5.92 Å². The molecule has 70 valence electrons. The van der Waals surface area contributed by atoms with Crippen LogP contribution in [0.1, 0.15) is 12.0 Å². The Bertz CT molecular complexity index is 308. The fourth-order valence-electron chi connectivity index (χ4n) is 1.02. The van der Waals surface area contributed by atoms with Gasteiger partial charge in [0.25, 0.3) is 5.92 Å². The van der Waals surface area contributed by atoms with Crippen molar-refractivity contribution in [3.05, 3.63) is 47.0 Å². The third kappa shape index (κ3) is 2.62. The molecule has 0 amide bonds. The molecule has 0 fully saturated rings. The number of rotatable bonds is 3. The standard InChI is InChI=1S/C10H9BrF2/c1-2-6-10(12,13)8-4-3-5-9(11)7-8/h2-5,7H,1,6H2. The SMILES string of the molecule is C=CCC(F)(F)c1cccc(Br)c1. The van der Waals surface area contributed by atoms with E-state index in [-0.39, 0.29) is 12.0 Å². The van der Waals surface area contributed by atoms with Crippen LogP contribution in [0.4, 0.5) is 8.78 Å². The fourth-order valence-corrected chi connectivity index (χ4v) is 1.41. The highest BCUT2D eigenvalue weighted by molar-refractivity contribution is 9.10. The number of hydrogen-bond acceptors (Lipinski definition) is 0. The summed E-state index contributed by atoms with van der Waals surface area (Å²) in [7, 11) is 0. The molecule has 0 aliphatic heterocycles. The van der Waals surface area contributed by atoms with Gasteiger partial charge in [-0.3, -0.25) is 0 Å². The van der Waals surface area contributed by atoms with Gasteiger partial charge in [0.05, 0.1) is 0 Å². The molecular formula is C10H9BrF2. The van der Waals surface area contributed by atoms with Crippen LogP contribution >= 0.6 is 15.9 Å². The largest absolute Gasteiger partial charge is 0.276 e. The number of allylic oxidation sites excluding steroid dienone is 1. The second-order valence-corrected chi connectivity index (χ2v) is 3.62. The molecule has 0 aliphatic rings. The monoisotopic (exact) mass is 246 g/mol. The maximum atomic E-state index is 13.2. The van der Waals surface area contributed by atoms with Gasteiger partial charge in [-0.25, -0.2) is 8.78 Å². The van der Waals surface area contributed by atoms with E-state index in [1.807, 2.05) is 0 Å². The fraction of sp³-hybridized carbons (Fsp3) is 0.200. The maximum absolute atomic E-state index is 13.2. The molecule has 0 N–H and O–H groups in total. The van der Waals surface area contributed by atoms with Crippen molar-refractivity contribution in [3.63, 3.8) is 0 Å². The van der Waals surface area contributed by atoms with E-state index in [0.29, 0.717) is 4.47 Å². The first-order valence-corrected chi connectivity index (χ1v) is 4.60. The quantitative estimate of drug-likeness (QED) is 0.705. The number of hydrogen-bond donors (Lipinski definition) is 0. The first-order chi connectivity index (χ1) is 6.06. The first kappa shape index (κ1) is 10.4. The highest BCUT2D eigenvalue weighted by atomic mass is 79.9. The van der Waals surface area contributed by atoms with Gasteiger partial charge in [-0.1, -0.05) is 34.1 Å². The lowest BCUT2D eigenvalue weighted by atomic mass is 10.1. The average Bonchev–Trinajstić information content (AvgIpc) is 2.04. The van der Waals surface area contributed by atoms with Gasteiger partial charge in [-0.15, -0.1) is 6.58 Å². The third-order valence-corrected chi connectivity index (χ3v) is 2.14. The van der Waals surface area contributed by atoms with Crippen molar-refractivity contribution in [1.29, 1.82) is 0 Å². The minimum Gasteiger partial charge on any atom is -0.201 e. The predicted molar refractivity (Wildman–Crippen MR) is 52.9 cm³/mol. The van der Waals surface area contributed by atoms with E-state index in [0.717, 1.165) is 0 Å². The van der Waals surface area contributed by atoms with Crippen molar-refractivity contribution in [3.8, 4) is 0 Å². The molecule has 0 unspecified atom stereocenters. The van der Waals surface area contributed by atoms with Crippen LogP contribution in [0.25, 0.3) is 0 Å². The van der Waals surface area contributed by atoms with Crippen molar-refractivity contribution in [2.24, 2.45) is 0 Å². The predicted octanol–water partition coefficient (Wildman–Crippen LogP) is 4.12. The van der Waals surface area contributed by atoms with Gasteiger partial charge in [0.2, 0.25) is 0 Å². The van der Waals surface area contributed by atoms with Gasteiger partial charge in [0, 0.05) is 16.5 Å². The first-order valence-electron chi connectivity index (χ1n) is 3.81. The molecule has 13 heavy (non-hydrogen) atoms. The molecule has 3 heteroatoms. The summed E-state index contributed by atoms with van der Waals surface area (Å²) >= 11 is 3.15. The summed E-state index contributed by atoms with van der Waals surface area (Å²) in [5.74, 6) is -2.81. The molecule has 0 atom stereocenters. The van der Waals surface area contributed by atoms with Gasteiger partial charge in [0.1, 0.15) is 0 Å². The topological polar surface area (TPSA) is 0 Å². The summed E-state index contributed by atoms with van der Waals surface area (Å²) in [6.45, 7) is 3.30. The molecule has 0 radical (unpaired) electrons. The minimum atomic E-state index is -2.81. The lowest BCUT2D eigenvalue weighted by molar-refractivity contribution is -0.000904. The van der Waals surface area contributed by atoms with E-state index in [4.69, 9.17) is 0 Å². The van der Waals surface area contributed by atoms with E-state index in [1.165, 1.54) is 18.2 Å². The van der Waals surface area contributed by atoms with E-state index < -0.39 is 5.92 Å². The second-order valence-electron chi connectivity index (χ2n) is 2.71. The summed E-state index contributed by atoms with van der Waals surface area (Å²) < 4.78 is 27.1. The molecule has 0 aliphatic carbocycles. The molecule has 1 aromatic rings. The van der Waals surface area contributed by atoms with Crippen LogP contribution in [0.2, 0.25) is 0 Å². The van der Waals surface area contributed by atoms with Crippen LogP contribution < -0.4 is 0 Å². The Balaban J connectivity index is 2.99. The Hall–Kier alpha value is -0.700. The summed E-state index contributed by atoms with van der Waals surface area (Å²) in [6, 6.07) is 6.14. The van der Waals surface area contributed by atoms with Gasteiger partial charge >= 0.3 is 0 Å². The Morgan fingerprint density at radius 2 is 2.15 bits per heavy atom. The molecule has 0 nitrogen and oxygen atoms in total. The van der Waals surface area contributed by atoms with Gasteiger partial charge < -0.3 is 0 Å². The van der Waals surface area contributed by atoms with E-state index in [1.54, 1.807) is 12.1 Å². The van der Waals surface area contributed by atoms with Gasteiger partial charge in [0.15, 0.2) is 0 Å². The zero-order valence-corrected chi connectivity index (χ0v) is 8.52. The number of benzene rings is 1. The van der Waals surface area contributed by atoms with Gasteiger partial charge in [-0.05, 0) is 12.1 Å². The lowest BCUT2D eigenvalue weighted by Gasteiger charge is -2.14. The Labute approximate surface area is 84.4 Å². The van der Waals surface area contributed by atoms with Crippen LogP contribution in [0, 0.1) is 0 Å². The molecule has 0 spiro atoms. The average molecular weight is 247 g/mol.